The number of likely N-dealkylation sites (tertiary alicyclic amines) is 1. The van der Waals surface area contributed by atoms with Gasteiger partial charge in [-0.1, -0.05) is 25.3 Å². The predicted molar refractivity (Wildman–Crippen MR) is 130 cm³/mol. The van der Waals surface area contributed by atoms with Gasteiger partial charge in [-0.15, -0.1) is 0 Å². The minimum Gasteiger partial charge on any atom is -0.380 e. The summed E-state index contributed by atoms with van der Waals surface area (Å²) in [5, 5.41) is 10.9. The highest BCUT2D eigenvalue weighted by atomic mass is 32.3. The van der Waals surface area contributed by atoms with Crippen molar-refractivity contribution >= 4 is 33.9 Å². The number of carbonyl (C=O) groups excluding carboxylic acids is 1. The molecule has 6 rings (SSSR count). The van der Waals surface area contributed by atoms with Gasteiger partial charge in [-0.3, -0.25) is 13.9 Å². The van der Waals surface area contributed by atoms with E-state index in [2.05, 4.69) is 6.08 Å². The number of aliphatic hydroxyl groups is 1. The van der Waals surface area contributed by atoms with Crippen LogP contribution in [0.25, 0.3) is 5.57 Å². The summed E-state index contributed by atoms with van der Waals surface area (Å²) in [5.41, 5.74) is 1.01. The number of amides is 1. The molecule has 1 aromatic heterocycles. The lowest BCUT2D eigenvalue weighted by Gasteiger charge is -2.41. The Balaban J connectivity index is 1.18. The maximum atomic E-state index is 13.5. The molecule has 1 amide bonds. The molecule has 3 unspecified atom stereocenters. The third-order valence-electron chi connectivity index (χ3n) is 8.51. The van der Waals surface area contributed by atoms with Crippen molar-refractivity contribution in [3.05, 3.63) is 23.9 Å². The van der Waals surface area contributed by atoms with E-state index in [1.54, 1.807) is 6.07 Å². The van der Waals surface area contributed by atoms with E-state index in [1.807, 2.05) is 11.0 Å². The van der Waals surface area contributed by atoms with Crippen molar-refractivity contribution in [1.29, 1.82) is 0 Å². The minimum absolute atomic E-state index is 0.128. The van der Waals surface area contributed by atoms with Gasteiger partial charge in [-0.05, 0) is 59.8 Å². The van der Waals surface area contributed by atoms with Crippen molar-refractivity contribution in [3.8, 4) is 0 Å². The molecule has 0 radical (unpaired) electrons. The molecule has 5 aliphatic rings. The quantitative estimate of drug-likeness (QED) is 0.560. The average molecular weight is 511 g/mol. The maximum Gasteiger partial charge on any atom is 0.254 e. The zero-order chi connectivity index (χ0) is 24.8. The molecular formula is C24H32F2N4O4S. The van der Waals surface area contributed by atoms with E-state index in [0.717, 1.165) is 37.0 Å². The van der Waals surface area contributed by atoms with Crippen molar-refractivity contribution in [2.24, 2.45) is 17.8 Å². The van der Waals surface area contributed by atoms with E-state index in [4.69, 9.17) is 4.98 Å². The molecule has 0 bridgehead atoms. The second kappa shape index (κ2) is 7.77. The Morgan fingerprint density at radius 3 is 2.57 bits per heavy atom. The Kier molecular flexibility index (Phi) is 5.21. The molecule has 11 heteroatoms. The molecule has 2 saturated carbocycles. The standard InChI is InChI=1S/C24H32F2N4O4S/c1-28-21-20(30(35(28,33)34)14-18-11-24(18,25)26)6-5-19(27-21)15-9-16-12-29(13-17(16)10-15)22(31)23(32)7-3-2-4-8-23/h5-6,9,16-18,32-34H,2-4,7-8,10-14H2,1H3. The molecule has 1 saturated heterocycles. The Morgan fingerprint density at radius 2 is 1.91 bits per heavy atom. The van der Waals surface area contributed by atoms with Crippen LogP contribution < -0.4 is 8.61 Å². The Morgan fingerprint density at radius 1 is 1.20 bits per heavy atom. The molecule has 8 nitrogen and oxygen atoms in total. The van der Waals surface area contributed by atoms with Gasteiger partial charge in [-0.2, -0.15) is 0 Å². The first-order chi connectivity index (χ1) is 16.5. The van der Waals surface area contributed by atoms with Gasteiger partial charge in [0.2, 0.25) is 0 Å². The van der Waals surface area contributed by atoms with Gasteiger partial charge >= 0.3 is 0 Å². The number of rotatable bonds is 4. The lowest BCUT2D eigenvalue weighted by molar-refractivity contribution is -0.153. The van der Waals surface area contributed by atoms with E-state index in [9.17, 15) is 27.8 Å². The Bertz CT molecular complexity index is 1090. The number of hydrogen-bond acceptors (Lipinski definition) is 7. The highest BCUT2D eigenvalue weighted by molar-refractivity contribution is 8.26. The largest absolute Gasteiger partial charge is 0.380 e. The number of allylic oxidation sites excluding steroid dienone is 1. The molecule has 3 fully saturated rings. The van der Waals surface area contributed by atoms with Crippen LogP contribution in [0.1, 0.15) is 50.6 Å². The SMILES string of the molecule is CN1c2nc(C3=CC4CN(C(=O)C5(O)CCCCC5)CC4C3)ccc2N(CC2CC2(F)F)S1(O)O. The highest BCUT2D eigenvalue weighted by Crippen LogP contribution is 2.62. The monoisotopic (exact) mass is 510 g/mol. The first-order valence-electron chi connectivity index (χ1n) is 12.4. The van der Waals surface area contributed by atoms with E-state index < -0.39 is 28.4 Å². The second-order valence-corrected chi connectivity index (χ2v) is 12.8. The second-order valence-electron chi connectivity index (χ2n) is 10.9. The number of anilines is 2. The molecule has 192 valence electrons. The third kappa shape index (κ3) is 3.73. The number of pyridine rings is 1. The van der Waals surface area contributed by atoms with E-state index >= 15 is 0 Å². The molecule has 1 aromatic rings. The predicted octanol–water partition coefficient (Wildman–Crippen LogP) is 4.13. The van der Waals surface area contributed by atoms with Gasteiger partial charge < -0.3 is 10.0 Å². The number of fused-ring (bicyclic) bond motifs is 2. The fourth-order valence-corrected chi connectivity index (χ4v) is 7.67. The number of hydrogen-bond donors (Lipinski definition) is 3. The smallest absolute Gasteiger partial charge is 0.254 e. The third-order valence-corrected chi connectivity index (χ3v) is 10.4. The van der Waals surface area contributed by atoms with Crippen molar-refractivity contribution in [2.75, 3.05) is 35.3 Å². The lowest BCUT2D eigenvalue weighted by atomic mass is 9.84. The van der Waals surface area contributed by atoms with Gasteiger partial charge in [0.1, 0.15) is 11.3 Å². The van der Waals surface area contributed by atoms with Crippen molar-refractivity contribution in [2.45, 2.75) is 56.5 Å². The zero-order valence-corrected chi connectivity index (χ0v) is 20.6. The van der Waals surface area contributed by atoms with Crippen LogP contribution in [0.3, 0.4) is 0 Å². The Labute approximate surface area is 205 Å². The first kappa shape index (κ1) is 23.4. The topological polar surface area (TPSA) is 100 Å². The van der Waals surface area contributed by atoms with Crippen LogP contribution in [0.2, 0.25) is 0 Å². The number of aromatic nitrogens is 1. The molecule has 3 heterocycles. The molecule has 3 aliphatic carbocycles. The summed E-state index contributed by atoms with van der Waals surface area (Å²) in [7, 11) is -1.91. The van der Waals surface area contributed by atoms with Crippen LogP contribution in [-0.4, -0.2) is 68.2 Å². The summed E-state index contributed by atoms with van der Waals surface area (Å²) < 4.78 is 51.0. The fraction of sp³-hybridized carbons (Fsp3) is 0.667. The van der Waals surface area contributed by atoms with Crippen molar-refractivity contribution < 1.29 is 27.8 Å². The molecule has 35 heavy (non-hydrogen) atoms. The van der Waals surface area contributed by atoms with Crippen LogP contribution in [0.4, 0.5) is 20.3 Å². The number of halogens is 2. The molecule has 3 atom stereocenters. The fourth-order valence-electron chi connectivity index (χ4n) is 6.22. The summed E-state index contributed by atoms with van der Waals surface area (Å²) >= 11 is 0. The summed E-state index contributed by atoms with van der Waals surface area (Å²) in [5.74, 6) is -2.93. The van der Waals surface area contributed by atoms with Crippen LogP contribution in [0.5, 0.6) is 0 Å². The number of carbonyl (C=O) groups is 1. The molecule has 0 spiro atoms. The molecule has 0 aromatic carbocycles. The summed E-state index contributed by atoms with van der Waals surface area (Å²) in [6, 6.07) is 3.55. The van der Waals surface area contributed by atoms with E-state index in [0.29, 0.717) is 37.4 Å². The summed E-state index contributed by atoms with van der Waals surface area (Å²) in [4.78, 5) is 19.5. The van der Waals surface area contributed by atoms with Crippen LogP contribution in [0, 0.1) is 17.8 Å². The number of alkyl halides is 2. The maximum absolute atomic E-state index is 13.5. The Hall–Kier alpha value is -1.95. The first-order valence-corrected chi connectivity index (χ1v) is 13.9. The molecular weight excluding hydrogens is 478 g/mol. The van der Waals surface area contributed by atoms with E-state index in [1.165, 1.54) is 15.7 Å². The zero-order valence-electron chi connectivity index (χ0n) is 19.7. The summed E-state index contributed by atoms with van der Waals surface area (Å²) in [6.07, 6.45) is 6.57. The van der Waals surface area contributed by atoms with Crippen LogP contribution >= 0.6 is 11.0 Å². The van der Waals surface area contributed by atoms with Gasteiger partial charge in [0.15, 0.2) is 5.82 Å². The minimum atomic E-state index is -3.44. The van der Waals surface area contributed by atoms with Crippen LogP contribution in [0.15, 0.2) is 18.2 Å². The average Bonchev–Trinajstić information content (AvgIpc) is 3.10. The van der Waals surface area contributed by atoms with Crippen molar-refractivity contribution in [3.63, 3.8) is 0 Å². The van der Waals surface area contributed by atoms with Gasteiger partial charge in [0, 0.05) is 39.0 Å². The van der Waals surface area contributed by atoms with Gasteiger partial charge in [0.25, 0.3) is 11.8 Å². The normalized spacial score (nSPS) is 32.8. The summed E-state index contributed by atoms with van der Waals surface area (Å²) in [6.45, 7) is 1.07. The molecule has 2 aliphatic heterocycles. The van der Waals surface area contributed by atoms with E-state index in [-0.39, 0.29) is 30.7 Å². The lowest BCUT2D eigenvalue weighted by Crippen LogP contribution is -2.49. The van der Waals surface area contributed by atoms with Crippen LogP contribution in [-0.2, 0) is 4.79 Å². The van der Waals surface area contributed by atoms with Gasteiger partial charge in [0.05, 0.1) is 5.69 Å². The molecule has 3 N–H and O–H groups in total. The van der Waals surface area contributed by atoms with Crippen molar-refractivity contribution in [1.82, 2.24) is 9.88 Å². The number of nitrogens with zero attached hydrogens (tertiary/aromatic N) is 4. The highest BCUT2D eigenvalue weighted by Gasteiger charge is 2.59. The van der Waals surface area contributed by atoms with Gasteiger partial charge in [-0.25, -0.2) is 22.4 Å².